The molecule has 0 saturated carbocycles. The molecule has 0 aliphatic rings. The third kappa shape index (κ3) is 3.78. The normalized spacial score (nSPS) is 13.0. The molecule has 0 atom stereocenters. The van der Waals surface area contributed by atoms with Crippen molar-refractivity contribution in [3.63, 3.8) is 0 Å². The fourth-order valence-electron chi connectivity index (χ4n) is 0.339. The summed E-state index contributed by atoms with van der Waals surface area (Å²) in [5.74, 6) is 0.879. The van der Waals surface area contributed by atoms with Crippen LogP contribution in [0.25, 0.3) is 0 Å². The number of rotatable bonds is 3. The fourth-order valence-corrected chi connectivity index (χ4v) is 0.339. The predicted octanol–water partition coefficient (Wildman–Crippen LogP) is 2.16. The van der Waals surface area contributed by atoms with Crippen LogP contribution in [0.5, 0.6) is 0 Å². The Kier molecular flexibility index (Phi) is 4.12. The van der Waals surface area contributed by atoms with Gasteiger partial charge in [0, 0.05) is 0 Å². The predicted molar refractivity (Wildman–Crippen MR) is 41.7 cm³/mol. The van der Waals surface area contributed by atoms with Gasteiger partial charge in [-0.15, -0.1) is 0 Å². The number of aliphatic hydroxyl groups excluding tert-OH is 1. The Bertz CT molecular complexity index is 166. The molecule has 0 aromatic carbocycles. The molecule has 2 heteroatoms. The van der Waals surface area contributed by atoms with E-state index in [0.29, 0.717) is 0 Å². The van der Waals surface area contributed by atoms with Crippen LogP contribution in [-0.2, 0) is 4.74 Å². The number of hydrogen-bond donors (Lipinski definition) is 1. The zero-order chi connectivity index (χ0) is 7.98. The van der Waals surface area contributed by atoms with Crippen molar-refractivity contribution in [1.82, 2.24) is 0 Å². The third-order valence-corrected chi connectivity index (χ3v) is 1.02. The van der Waals surface area contributed by atoms with Gasteiger partial charge in [0.15, 0.2) is 0 Å². The van der Waals surface area contributed by atoms with Crippen molar-refractivity contribution in [1.29, 1.82) is 0 Å². The van der Waals surface area contributed by atoms with E-state index in [2.05, 4.69) is 6.58 Å². The monoisotopic (exact) mass is 140 g/mol. The average Bonchev–Trinajstić information content (AvgIpc) is 1.99. The number of hydrogen-bond acceptors (Lipinski definition) is 2. The molecule has 0 rings (SSSR count). The van der Waals surface area contributed by atoms with Gasteiger partial charge in [0.1, 0.15) is 5.76 Å². The van der Waals surface area contributed by atoms with Gasteiger partial charge in [-0.2, -0.15) is 0 Å². The first kappa shape index (κ1) is 8.82. The lowest BCUT2D eigenvalue weighted by Crippen LogP contribution is -1.77. The maximum absolute atomic E-state index is 8.85. The van der Waals surface area contributed by atoms with Crippen LogP contribution in [0.3, 0.4) is 0 Å². The molecule has 2 nitrogen and oxygen atoms in total. The lowest BCUT2D eigenvalue weighted by Gasteiger charge is -1.94. The Morgan fingerprint density at radius 2 is 2.10 bits per heavy atom. The quantitative estimate of drug-likeness (QED) is 0.481. The largest absolute Gasteiger partial charge is 0.508 e. The standard InChI is InChI=1S/C8H12O2/c1-4-8(9)6-5-7(2)10-3/h4-6,9H,1H2,2-3H3/b7-5+,8-6+. The Hall–Kier alpha value is -1.18. The Balaban J connectivity index is 4.03. The number of allylic oxidation sites excluding steroid dienone is 4. The van der Waals surface area contributed by atoms with Crippen LogP contribution in [0.1, 0.15) is 6.92 Å². The summed E-state index contributed by atoms with van der Waals surface area (Å²) < 4.78 is 4.82. The van der Waals surface area contributed by atoms with Crippen molar-refractivity contribution in [3.05, 3.63) is 36.3 Å². The molecule has 0 saturated heterocycles. The number of ether oxygens (including phenoxy) is 1. The highest BCUT2D eigenvalue weighted by Crippen LogP contribution is 1.95. The zero-order valence-electron chi connectivity index (χ0n) is 6.29. The summed E-state index contributed by atoms with van der Waals surface area (Å²) in [6, 6.07) is 0. The van der Waals surface area contributed by atoms with Crippen molar-refractivity contribution in [3.8, 4) is 0 Å². The van der Waals surface area contributed by atoms with E-state index >= 15 is 0 Å². The molecule has 0 unspecified atom stereocenters. The summed E-state index contributed by atoms with van der Waals surface area (Å²) in [5, 5.41) is 8.85. The van der Waals surface area contributed by atoms with Gasteiger partial charge >= 0.3 is 0 Å². The minimum absolute atomic E-state index is 0.136. The molecular weight excluding hydrogens is 128 g/mol. The maximum Gasteiger partial charge on any atom is 0.115 e. The lowest BCUT2D eigenvalue weighted by molar-refractivity contribution is 0.293. The topological polar surface area (TPSA) is 29.5 Å². The van der Waals surface area contributed by atoms with Gasteiger partial charge in [0.2, 0.25) is 0 Å². The highest BCUT2D eigenvalue weighted by Gasteiger charge is 1.81. The molecule has 0 spiro atoms. The highest BCUT2D eigenvalue weighted by molar-refractivity contribution is 5.16. The fraction of sp³-hybridized carbons (Fsp3) is 0.250. The van der Waals surface area contributed by atoms with Crippen molar-refractivity contribution in [2.24, 2.45) is 0 Å². The van der Waals surface area contributed by atoms with E-state index in [1.54, 1.807) is 20.1 Å². The van der Waals surface area contributed by atoms with Gasteiger partial charge in [-0.05, 0) is 25.2 Å². The molecule has 10 heavy (non-hydrogen) atoms. The summed E-state index contributed by atoms with van der Waals surface area (Å²) >= 11 is 0. The molecule has 0 fully saturated rings. The first-order chi connectivity index (χ1) is 4.70. The summed E-state index contributed by atoms with van der Waals surface area (Å²) in [6.07, 6.45) is 4.54. The Labute approximate surface area is 61.1 Å². The van der Waals surface area contributed by atoms with Gasteiger partial charge in [0.05, 0.1) is 12.9 Å². The van der Waals surface area contributed by atoms with Crippen molar-refractivity contribution >= 4 is 0 Å². The molecule has 56 valence electrons. The van der Waals surface area contributed by atoms with Crippen LogP contribution < -0.4 is 0 Å². The first-order valence-electron chi connectivity index (χ1n) is 2.94. The molecule has 0 aromatic rings. The molecule has 0 heterocycles. The molecule has 0 amide bonds. The molecule has 0 bridgehead atoms. The minimum atomic E-state index is 0.136. The highest BCUT2D eigenvalue weighted by atomic mass is 16.5. The zero-order valence-corrected chi connectivity index (χ0v) is 6.29. The summed E-state index contributed by atoms with van der Waals surface area (Å²) in [5.41, 5.74) is 0. The second-order valence-electron chi connectivity index (χ2n) is 1.78. The smallest absolute Gasteiger partial charge is 0.115 e. The number of aliphatic hydroxyl groups is 1. The second-order valence-corrected chi connectivity index (χ2v) is 1.78. The molecule has 1 N–H and O–H groups in total. The van der Waals surface area contributed by atoms with Crippen LogP contribution >= 0.6 is 0 Å². The van der Waals surface area contributed by atoms with Gasteiger partial charge in [-0.25, -0.2) is 0 Å². The van der Waals surface area contributed by atoms with Crippen LogP contribution in [0.2, 0.25) is 0 Å². The second kappa shape index (κ2) is 4.68. The Morgan fingerprint density at radius 1 is 1.50 bits per heavy atom. The summed E-state index contributed by atoms with van der Waals surface area (Å²) in [7, 11) is 1.57. The van der Waals surface area contributed by atoms with E-state index in [1.165, 1.54) is 12.2 Å². The van der Waals surface area contributed by atoms with Crippen molar-refractivity contribution < 1.29 is 9.84 Å². The van der Waals surface area contributed by atoms with Crippen molar-refractivity contribution in [2.45, 2.75) is 6.92 Å². The van der Waals surface area contributed by atoms with E-state index < -0.39 is 0 Å². The van der Waals surface area contributed by atoms with Gasteiger partial charge < -0.3 is 9.84 Å². The lowest BCUT2D eigenvalue weighted by atomic mass is 10.4. The van der Waals surface area contributed by atoms with Crippen LogP contribution in [0.4, 0.5) is 0 Å². The number of methoxy groups -OCH3 is 1. The van der Waals surface area contributed by atoms with E-state index in [0.717, 1.165) is 5.76 Å². The summed E-state index contributed by atoms with van der Waals surface area (Å²) in [4.78, 5) is 0. The molecule has 0 aliphatic carbocycles. The van der Waals surface area contributed by atoms with Gasteiger partial charge in [-0.1, -0.05) is 6.58 Å². The minimum Gasteiger partial charge on any atom is -0.508 e. The van der Waals surface area contributed by atoms with Gasteiger partial charge in [0.25, 0.3) is 0 Å². The van der Waals surface area contributed by atoms with E-state index in [1.807, 2.05) is 0 Å². The first-order valence-corrected chi connectivity index (χ1v) is 2.94. The van der Waals surface area contributed by atoms with Crippen molar-refractivity contribution in [2.75, 3.05) is 7.11 Å². The maximum atomic E-state index is 8.85. The molecule has 0 aromatic heterocycles. The van der Waals surface area contributed by atoms with E-state index in [-0.39, 0.29) is 5.76 Å². The SMILES string of the molecule is C=C/C(O)=C\C=C(/C)OC. The van der Waals surface area contributed by atoms with E-state index in [4.69, 9.17) is 9.84 Å². The van der Waals surface area contributed by atoms with Crippen LogP contribution in [0.15, 0.2) is 36.3 Å². The average molecular weight is 140 g/mol. The Morgan fingerprint density at radius 3 is 2.50 bits per heavy atom. The van der Waals surface area contributed by atoms with E-state index in [9.17, 15) is 0 Å². The van der Waals surface area contributed by atoms with Gasteiger partial charge in [-0.3, -0.25) is 0 Å². The molecular formula is C8H12O2. The van der Waals surface area contributed by atoms with Crippen LogP contribution in [0, 0.1) is 0 Å². The molecule has 0 radical (unpaired) electrons. The summed E-state index contributed by atoms with van der Waals surface area (Å²) in [6.45, 7) is 5.17. The molecule has 0 aliphatic heterocycles. The third-order valence-electron chi connectivity index (χ3n) is 1.02. The van der Waals surface area contributed by atoms with Crippen LogP contribution in [-0.4, -0.2) is 12.2 Å².